The van der Waals surface area contributed by atoms with Gasteiger partial charge >= 0.3 is 0 Å². The second-order valence-corrected chi connectivity index (χ2v) is 4.57. The topological polar surface area (TPSA) is 46.2 Å². The van der Waals surface area contributed by atoms with Gasteiger partial charge in [-0.25, -0.2) is 4.39 Å². The molecule has 0 spiro atoms. The fourth-order valence-electron chi connectivity index (χ4n) is 1.74. The van der Waals surface area contributed by atoms with Crippen molar-refractivity contribution in [1.29, 1.82) is 0 Å². The van der Waals surface area contributed by atoms with E-state index in [9.17, 15) is 14.0 Å². The zero-order chi connectivity index (χ0) is 14.7. The Hall–Kier alpha value is -2.49. The average Bonchev–Trinajstić information content (AvgIpc) is 2.41. The molecule has 0 radical (unpaired) electrons. The third kappa shape index (κ3) is 3.09. The number of nitrogens with one attached hydrogen (secondary N) is 1. The van der Waals surface area contributed by atoms with Crippen molar-refractivity contribution in [2.75, 3.05) is 5.32 Å². The summed E-state index contributed by atoms with van der Waals surface area (Å²) in [5.41, 5.74) is 1.82. The molecule has 0 saturated carbocycles. The van der Waals surface area contributed by atoms with Crippen LogP contribution in [-0.2, 0) is 0 Å². The zero-order valence-electron chi connectivity index (χ0n) is 11.2. The van der Waals surface area contributed by atoms with Gasteiger partial charge in [0.15, 0.2) is 5.78 Å². The van der Waals surface area contributed by atoms with Crippen LogP contribution in [0.1, 0.15) is 33.2 Å². The van der Waals surface area contributed by atoms with E-state index < -0.39 is 11.7 Å². The molecule has 0 unspecified atom stereocenters. The molecule has 20 heavy (non-hydrogen) atoms. The highest BCUT2D eigenvalue weighted by Gasteiger charge is 2.11. The first kappa shape index (κ1) is 13.9. The van der Waals surface area contributed by atoms with E-state index in [0.717, 1.165) is 5.56 Å². The van der Waals surface area contributed by atoms with Crippen LogP contribution in [0.4, 0.5) is 10.1 Å². The number of aryl methyl sites for hydroxylation is 1. The molecule has 2 aromatic rings. The molecule has 4 heteroatoms. The third-order valence-electron chi connectivity index (χ3n) is 2.93. The highest BCUT2D eigenvalue weighted by molar-refractivity contribution is 6.05. The first-order valence-corrected chi connectivity index (χ1v) is 6.16. The molecule has 0 aliphatic heterocycles. The normalized spacial score (nSPS) is 10.2. The summed E-state index contributed by atoms with van der Waals surface area (Å²) in [5, 5.41) is 2.48. The molecule has 0 fully saturated rings. The molecule has 0 aliphatic carbocycles. The van der Waals surface area contributed by atoms with Crippen LogP contribution in [0.3, 0.4) is 0 Å². The van der Waals surface area contributed by atoms with Crippen molar-refractivity contribution in [2.45, 2.75) is 13.8 Å². The molecule has 0 bridgehead atoms. The van der Waals surface area contributed by atoms with Crippen LogP contribution in [0.15, 0.2) is 42.5 Å². The van der Waals surface area contributed by atoms with Gasteiger partial charge in [-0.3, -0.25) is 9.59 Å². The lowest BCUT2D eigenvalue weighted by Crippen LogP contribution is -2.13. The maximum Gasteiger partial charge on any atom is 0.255 e. The van der Waals surface area contributed by atoms with Gasteiger partial charge in [0.2, 0.25) is 0 Å². The fourth-order valence-corrected chi connectivity index (χ4v) is 1.74. The molecule has 2 rings (SSSR count). The van der Waals surface area contributed by atoms with Gasteiger partial charge in [-0.2, -0.15) is 0 Å². The highest BCUT2D eigenvalue weighted by Crippen LogP contribution is 2.18. The molecule has 2 aromatic carbocycles. The van der Waals surface area contributed by atoms with Gasteiger partial charge < -0.3 is 5.32 Å². The molecule has 0 atom stereocenters. The first-order chi connectivity index (χ1) is 9.47. The Kier molecular flexibility index (Phi) is 3.94. The number of anilines is 1. The van der Waals surface area contributed by atoms with E-state index in [1.807, 2.05) is 6.92 Å². The van der Waals surface area contributed by atoms with Crippen molar-refractivity contribution in [1.82, 2.24) is 0 Å². The predicted octanol–water partition coefficient (Wildman–Crippen LogP) is 3.59. The Morgan fingerprint density at radius 3 is 2.20 bits per heavy atom. The minimum atomic E-state index is -0.574. The van der Waals surface area contributed by atoms with E-state index in [1.165, 1.54) is 25.1 Å². The number of carbonyl (C=O) groups is 2. The van der Waals surface area contributed by atoms with Gasteiger partial charge in [0.1, 0.15) is 5.82 Å². The van der Waals surface area contributed by atoms with Gasteiger partial charge in [-0.1, -0.05) is 17.7 Å². The smallest absolute Gasteiger partial charge is 0.255 e. The lowest BCUT2D eigenvalue weighted by molar-refractivity contribution is 0.101. The van der Waals surface area contributed by atoms with E-state index in [2.05, 4.69) is 5.32 Å². The van der Waals surface area contributed by atoms with Gasteiger partial charge in [0, 0.05) is 11.1 Å². The number of rotatable bonds is 3. The number of halogens is 1. The number of benzene rings is 2. The SMILES string of the molecule is CC(=O)c1ccc(F)c(NC(=O)c2ccc(C)cc2)c1. The molecule has 102 valence electrons. The van der Waals surface area contributed by atoms with E-state index in [-0.39, 0.29) is 11.5 Å². The standard InChI is InChI=1S/C16H14FNO2/c1-10-3-5-12(6-4-10)16(20)18-15-9-13(11(2)19)7-8-14(15)17/h3-9H,1-2H3,(H,18,20). The van der Waals surface area contributed by atoms with E-state index in [1.54, 1.807) is 24.3 Å². The second kappa shape index (κ2) is 5.65. The van der Waals surface area contributed by atoms with Crippen molar-refractivity contribution >= 4 is 17.4 Å². The number of Topliss-reactive ketones (excluding diaryl/α,β-unsaturated/α-hetero) is 1. The average molecular weight is 271 g/mol. The molecular weight excluding hydrogens is 257 g/mol. The van der Waals surface area contributed by atoms with Gasteiger partial charge in [-0.05, 0) is 44.2 Å². The van der Waals surface area contributed by atoms with Crippen LogP contribution in [-0.4, -0.2) is 11.7 Å². The molecule has 0 heterocycles. The molecule has 0 saturated heterocycles. The van der Waals surface area contributed by atoms with Crippen molar-refractivity contribution in [2.24, 2.45) is 0 Å². The number of amides is 1. The minimum absolute atomic E-state index is 0.00303. The van der Waals surface area contributed by atoms with Crippen molar-refractivity contribution < 1.29 is 14.0 Å². The minimum Gasteiger partial charge on any atom is -0.319 e. The monoisotopic (exact) mass is 271 g/mol. The van der Waals surface area contributed by atoms with Gasteiger partial charge in [0.25, 0.3) is 5.91 Å². The Balaban J connectivity index is 2.25. The van der Waals surface area contributed by atoms with Crippen LogP contribution in [0, 0.1) is 12.7 Å². The zero-order valence-corrected chi connectivity index (χ0v) is 11.2. The molecule has 1 N–H and O–H groups in total. The summed E-state index contributed by atoms with van der Waals surface area (Å²) >= 11 is 0. The van der Waals surface area contributed by atoms with Gasteiger partial charge in [-0.15, -0.1) is 0 Å². The van der Waals surface area contributed by atoms with Crippen molar-refractivity contribution in [3.05, 3.63) is 65.0 Å². The van der Waals surface area contributed by atoms with Crippen LogP contribution >= 0.6 is 0 Å². The largest absolute Gasteiger partial charge is 0.319 e. The summed E-state index contributed by atoms with van der Waals surface area (Å²) in [5.74, 6) is -1.17. The van der Waals surface area contributed by atoms with E-state index >= 15 is 0 Å². The number of carbonyl (C=O) groups excluding carboxylic acids is 2. The van der Waals surface area contributed by atoms with Crippen LogP contribution in [0.25, 0.3) is 0 Å². The summed E-state index contributed by atoms with van der Waals surface area (Å²) in [4.78, 5) is 23.3. The Morgan fingerprint density at radius 1 is 1.00 bits per heavy atom. The second-order valence-electron chi connectivity index (χ2n) is 4.57. The fraction of sp³-hybridized carbons (Fsp3) is 0.125. The summed E-state index contributed by atoms with van der Waals surface area (Å²) < 4.78 is 13.6. The van der Waals surface area contributed by atoms with Crippen molar-refractivity contribution in [3.8, 4) is 0 Å². The van der Waals surface area contributed by atoms with Crippen LogP contribution in [0.5, 0.6) is 0 Å². The summed E-state index contributed by atoms with van der Waals surface area (Å²) in [7, 11) is 0. The van der Waals surface area contributed by atoms with Crippen LogP contribution in [0.2, 0.25) is 0 Å². The van der Waals surface area contributed by atoms with Crippen LogP contribution < -0.4 is 5.32 Å². The third-order valence-corrected chi connectivity index (χ3v) is 2.93. The Labute approximate surface area is 116 Å². The molecule has 0 aliphatic rings. The maximum atomic E-state index is 13.6. The Morgan fingerprint density at radius 2 is 1.60 bits per heavy atom. The molecule has 0 aromatic heterocycles. The quantitative estimate of drug-likeness (QED) is 0.867. The van der Waals surface area contributed by atoms with Crippen molar-refractivity contribution in [3.63, 3.8) is 0 Å². The number of hydrogen-bond acceptors (Lipinski definition) is 2. The molecular formula is C16H14FNO2. The Bertz CT molecular complexity index is 663. The molecule has 1 amide bonds. The van der Waals surface area contributed by atoms with E-state index in [0.29, 0.717) is 11.1 Å². The summed E-state index contributed by atoms with van der Waals surface area (Å²) in [6.07, 6.45) is 0. The van der Waals surface area contributed by atoms with Gasteiger partial charge in [0.05, 0.1) is 5.69 Å². The maximum absolute atomic E-state index is 13.6. The summed E-state index contributed by atoms with van der Waals surface area (Å²) in [6, 6.07) is 10.8. The number of ketones is 1. The lowest BCUT2D eigenvalue weighted by atomic mass is 10.1. The molecule has 3 nitrogen and oxygen atoms in total. The summed E-state index contributed by atoms with van der Waals surface area (Å²) in [6.45, 7) is 3.30. The number of hydrogen-bond donors (Lipinski definition) is 1. The highest BCUT2D eigenvalue weighted by atomic mass is 19.1. The lowest BCUT2D eigenvalue weighted by Gasteiger charge is -2.08. The predicted molar refractivity (Wildman–Crippen MR) is 75.5 cm³/mol. The van der Waals surface area contributed by atoms with E-state index in [4.69, 9.17) is 0 Å². The first-order valence-electron chi connectivity index (χ1n) is 6.16.